The number of nitrogens with one attached hydrogen (secondary N) is 1. The van der Waals surface area contributed by atoms with Crippen LogP contribution in [0.2, 0.25) is 16.6 Å². The Bertz CT molecular complexity index is 463. The fraction of sp³-hybridized carbons (Fsp3) is 0.733. The Morgan fingerprint density at radius 2 is 1.76 bits per heavy atom. The molecule has 0 aromatic carbocycles. The SMILES string of the molecule is CC(C)[Si](O[C@@H]1C(=O)N[C@@H]1c1cnco1)(C(C)C)C(C)C. The Hall–Kier alpha value is -1.14. The lowest BCUT2D eigenvalue weighted by atomic mass is 10.0. The molecule has 0 spiro atoms. The van der Waals surface area contributed by atoms with Crippen molar-refractivity contribution in [1.82, 2.24) is 10.3 Å². The largest absolute Gasteiger partial charge is 0.446 e. The highest BCUT2D eigenvalue weighted by Gasteiger charge is 2.53. The van der Waals surface area contributed by atoms with E-state index in [1.165, 1.54) is 6.39 Å². The average Bonchev–Trinajstić information content (AvgIpc) is 2.88. The molecule has 1 aliphatic rings. The molecule has 1 aliphatic heterocycles. The molecule has 0 bridgehead atoms. The van der Waals surface area contributed by atoms with Gasteiger partial charge in [-0.05, 0) is 16.6 Å². The maximum absolute atomic E-state index is 12.0. The van der Waals surface area contributed by atoms with Gasteiger partial charge in [-0.2, -0.15) is 0 Å². The number of carbonyl (C=O) groups is 1. The minimum Gasteiger partial charge on any atom is -0.446 e. The summed E-state index contributed by atoms with van der Waals surface area (Å²) in [5, 5.41) is 2.86. The number of rotatable bonds is 6. The van der Waals surface area contributed by atoms with Gasteiger partial charge in [0, 0.05) is 0 Å². The van der Waals surface area contributed by atoms with E-state index in [0.717, 1.165) is 0 Å². The zero-order valence-electron chi connectivity index (χ0n) is 13.7. The summed E-state index contributed by atoms with van der Waals surface area (Å²) in [6, 6.07) is -0.205. The van der Waals surface area contributed by atoms with Crippen LogP contribution in [0, 0.1) is 0 Å². The summed E-state index contributed by atoms with van der Waals surface area (Å²) >= 11 is 0. The predicted molar refractivity (Wildman–Crippen MR) is 83.3 cm³/mol. The molecular formula is C15H26N2O3Si. The van der Waals surface area contributed by atoms with Gasteiger partial charge in [-0.1, -0.05) is 41.5 Å². The van der Waals surface area contributed by atoms with Crippen LogP contribution in [0.1, 0.15) is 53.3 Å². The van der Waals surface area contributed by atoms with Crippen molar-refractivity contribution in [2.24, 2.45) is 0 Å². The number of hydrogen-bond donors (Lipinski definition) is 1. The van der Waals surface area contributed by atoms with Gasteiger partial charge in [-0.3, -0.25) is 4.79 Å². The van der Waals surface area contributed by atoms with Gasteiger partial charge in [0.1, 0.15) is 11.8 Å². The highest BCUT2D eigenvalue weighted by molar-refractivity contribution is 6.77. The molecule has 1 aromatic rings. The lowest BCUT2D eigenvalue weighted by Crippen LogP contribution is -2.63. The van der Waals surface area contributed by atoms with E-state index in [9.17, 15) is 4.79 Å². The van der Waals surface area contributed by atoms with Gasteiger partial charge in [0.2, 0.25) is 8.32 Å². The van der Waals surface area contributed by atoms with Gasteiger partial charge in [0.25, 0.3) is 5.91 Å². The summed E-state index contributed by atoms with van der Waals surface area (Å²) in [7, 11) is -2.08. The fourth-order valence-electron chi connectivity index (χ4n) is 3.72. The first-order valence-electron chi connectivity index (χ1n) is 7.67. The number of hydrogen-bond acceptors (Lipinski definition) is 4. The number of carbonyl (C=O) groups excluding carboxylic acids is 1. The average molecular weight is 310 g/mol. The molecule has 21 heavy (non-hydrogen) atoms. The molecule has 6 heteroatoms. The summed E-state index contributed by atoms with van der Waals surface area (Å²) in [6.07, 6.45) is 2.58. The van der Waals surface area contributed by atoms with E-state index in [0.29, 0.717) is 22.4 Å². The molecule has 2 heterocycles. The van der Waals surface area contributed by atoms with Crippen LogP contribution in [0.25, 0.3) is 0 Å². The van der Waals surface area contributed by atoms with Crippen molar-refractivity contribution < 1.29 is 13.6 Å². The number of β-lactam (4-membered cyclic amide) rings is 1. The summed E-state index contributed by atoms with van der Waals surface area (Å²) in [6.45, 7) is 13.3. The van der Waals surface area contributed by atoms with Crippen molar-refractivity contribution in [1.29, 1.82) is 0 Å². The van der Waals surface area contributed by atoms with Crippen LogP contribution >= 0.6 is 0 Å². The second-order valence-electron chi connectivity index (χ2n) is 6.75. The molecule has 0 aliphatic carbocycles. The fourth-order valence-corrected chi connectivity index (χ4v) is 9.21. The maximum atomic E-state index is 12.0. The van der Waals surface area contributed by atoms with Crippen molar-refractivity contribution in [3.63, 3.8) is 0 Å². The van der Waals surface area contributed by atoms with Crippen molar-refractivity contribution in [3.05, 3.63) is 18.4 Å². The van der Waals surface area contributed by atoms with E-state index in [1.807, 2.05) is 0 Å². The normalized spacial score (nSPS) is 22.8. The quantitative estimate of drug-likeness (QED) is 0.646. The molecule has 5 nitrogen and oxygen atoms in total. The van der Waals surface area contributed by atoms with Crippen molar-refractivity contribution in [2.45, 2.75) is 70.3 Å². The minimum absolute atomic E-state index is 0.0461. The Kier molecular flexibility index (Phi) is 4.58. The summed E-state index contributed by atoms with van der Waals surface area (Å²) in [5.74, 6) is 0.619. The van der Waals surface area contributed by atoms with Crippen molar-refractivity contribution in [3.8, 4) is 0 Å². The second kappa shape index (κ2) is 5.92. The third-order valence-corrected chi connectivity index (χ3v) is 10.7. The molecule has 0 saturated carbocycles. The smallest absolute Gasteiger partial charge is 0.251 e. The number of amides is 1. The monoisotopic (exact) mass is 310 g/mol. The highest BCUT2D eigenvalue weighted by Crippen LogP contribution is 2.45. The van der Waals surface area contributed by atoms with Crippen LogP contribution in [-0.4, -0.2) is 25.3 Å². The first-order chi connectivity index (χ1) is 9.80. The van der Waals surface area contributed by atoms with Crippen LogP contribution in [-0.2, 0) is 9.22 Å². The number of aromatic nitrogens is 1. The molecule has 0 radical (unpaired) electrons. The molecule has 2 rings (SSSR count). The molecule has 1 aromatic heterocycles. The van der Waals surface area contributed by atoms with Gasteiger partial charge in [0.15, 0.2) is 12.5 Å². The standard InChI is InChI=1S/C15H26N2O3Si/c1-9(2)21(10(3)4,11(5)6)20-14-13(17-15(14)18)12-7-16-8-19-12/h7-11,13-14H,1-6H3,(H,17,18)/t13-,14+/m1/s1. The summed E-state index contributed by atoms with van der Waals surface area (Å²) in [5.41, 5.74) is 1.34. The second-order valence-corrected chi connectivity index (χ2v) is 12.2. The van der Waals surface area contributed by atoms with Gasteiger partial charge in [-0.25, -0.2) is 4.98 Å². The zero-order chi connectivity index (χ0) is 15.8. The van der Waals surface area contributed by atoms with Crippen LogP contribution in [0.4, 0.5) is 0 Å². The Balaban J connectivity index is 2.25. The van der Waals surface area contributed by atoms with E-state index in [2.05, 4.69) is 51.8 Å². The van der Waals surface area contributed by atoms with E-state index in [1.54, 1.807) is 6.20 Å². The first-order valence-corrected chi connectivity index (χ1v) is 9.81. The first kappa shape index (κ1) is 16.2. The molecule has 1 saturated heterocycles. The van der Waals surface area contributed by atoms with Gasteiger partial charge < -0.3 is 14.2 Å². The lowest BCUT2D eigenvalue weighted by molar-refractivity contribution is -0.142. The number of oxazole rings is 1. The van der Waals surface area contributed by atoms with Crippen LogP contribution < -0.4 is 5.32 Å². The molecule has 1 amide bonds. The molecule has 118 valence electrons. The van der Waals surface area contributed by atoms with Crippen LogP contribution in [0.3, 0.4) is 0 Å². The lowest BCUT2D eigenvalue weighted by Gasteiger charge is -2.48. The Morgan fingerprint density at radius 3 is 2.14 bits per heavy atom. The third kappa shape index (κ3) is 2.66. The maximum Gasteiger partial charge on any atom is 0.251 e. The molecule has 1 fully saturated rings. The Morgan fingerprint density at radius 1 is 1.19 bits per heavy atom. The zero-order valence-corrected chi connectivity index (χ0v) is 14.7. The molecular weight excluding hydrogens is 284 g/mol. The highest BCUT2D eigenvalue weighted by atomic mass is 28.4. The van der Waals surface area contributed by atoms with Gasteiger partial charge in [-0.15, -0.1) is 0 Å². The van der Waals surface area contributed by atoms with E-state index >= 15 is 0 Å². The van der Waals surface area contributed by atoms with Crippen molar-refractivity contribution >= 4 is 14.2 Å². The van der Waals surface area contributed by atoms with E-state index < -0.39 is 14.4 Å². The van der Waals surface area contributed by atoms with Gasteiger partial charge in [0.05, 0.1) is 6.20 Å². The minimum atomic E-state index is -2.08. The third-order valence-electron chi connectivity index (χ3n) is 4.66. The van der Waals surface area contributed by atoms with Crippen LogP contribution in [0.5, 0.6) is 0 Å². The number of nitrogens with zero attached hydrogens (tertiary/aromatic N) is 1. The molecule has 2 atom stereocenters. The van der Waals surface area contributed by atoms with E-state index in [-0.39, 0.29) is 11.9 Å². The topological polar surface area (TPSA) is 64.4 Å². The van der Waals surface area contributed by atoms with Crippen molar-refractivity contribution in [2.75, 3.05) is 0 Å². The molecule has 1 N–H and O–H groups in total. The molecule has 0 unspecified atom stereocenters. The van der Waals surface area contributed by atoms with Crippen LogP contribution in [0.15, 0.2) is 17.0 Å². The Labute approximate surface area is 127 Å². The predicted octanol–water partition coefficient (Wildman–Crippen LogP) is 3.41. The van der Waals surface area contributed by atoms with E-state index in [4.69, 9.17) is 8.84 Å². The summed E-state index contributed by atoms with van der Waals surface area (Å²) < 4.78 is 11.9. The summed E-state index contributed by atoms with van der Waals surface area (Å²) in [4.78, 5) is 15.9. The van der Waals surface area contributed by atoms with Gasteiger partial charge >= 0.3 is 0 Å².